The Morgan fingerprint density at radius 3 is 2.76 bits per heavy atom. The molecule has 0 bridgehead atoms. The predicted molar refractivity (Wildman–Crippen MR) is 86.1 cm³/mol. The van der Waals surface area contributed by atoms with Crippen molar-refractivity contribution in [2.45, 2.75) is 13.5 Å². The Balaban J connectivity index is 2.23. The first-order valence-electron chi connectivity index (χ1n) is 6.74. The average molecular weight is 307 g/mol. The largest absolute Gasteiger partial charge is 0.372 e. The van der Waals surface area contributed by atoms with Crippen LogP contribution >= 0.6 is 11.6 Å². The maximum absolute atomic E-state index is 12.1. The van der Waals surface area contributed by atoms with E-state index in [0.717, 1.165) is 16.8 Å². The maximum atomic E-state index is 12.1. The topological polar surface area (TPSA) is 64.2 Å². The maximum Gasteiger partial charge on any atom is 0.269 e. The molecular formula is C15H19ClN4O. The van der Waals surface area contributed by atoms with Gasteiger partial charge in [0, 0.05) is 31.2 Å². The van der Waals surface area contributed by atoms with E-state index in [1.54, 1.807) is 12.3 Å². The molecule has 0 unspecified atom stereocenters. The molecule has 5 nitrogen and oxygen atoms in total. The van der Waals surface area contributed by atoms with Crippen LogP contribution in [0.5, 0.6) is 0 Å². The highest BCUT2D eigenvalue weighted by molar-refractivity contribution is 6.31. The number of anilines is 1. The third-order valence-electron chi connectivity index (χ3n) is 3.29. The van der Waals surface area contributed by atoms with E-state index in [1.165, 1.54) is 4.68 Å². The first-order chi connectivity index (χ1) is 10.0. The van der Waals surface area contributed by atoms with Crippen LogP contribution in [0.4, 0.5) is 5.69 Å². The van der Waals surface area contributed by atoms with Crippen molar-refractivity contribution in [2.24, 2.45) is 5.73 Å². The van der Waals surface area contributed by atoms with Crippen LogP contribution in [0.25, 0.3) is 0 Å². The summed E-state index contributed by atoms with van der Waals surface area (Å²) in [5, 5.41) is 4.85. The molecule has 2 N–H and O–H groups in total. The average Bonchev–Trinajstić information content (AvgIpc) is 2.44. The fourth-order valence-electron chi connectivity index (χ4n) is 2.02. The second-order valence-corrected chi connectivity index (χ2v) is 5.42. The summed E-state index contributed by atoms with van der Waals surface area (Å²) >= 11 is 6.19. The molecule has 2 aromatic rings. The highest BCUT2D eigenvalue weighted by atomic mass is 35.5. The molecule has 1 aromatic carbocycles. The van der Waals surface area contributed by atoms with Gasteiger partial charge in [-0.2, -0.15) is 5.10 Å². The number of halogens is 1. The number of benzene rings is 1. The van der Waals surface area contributed by atoms with Gasteiger partial charge in [0.05, 0.1) is 18.4 Å². The first kappa shape index (κ1) is 15.5. The standard InChI is InChI=1S/C15H19ClN4O/c1-11-3-4-12(14(16)7-11)10-20-15(21)8-13(9-18-20)19(2)6-5-17/h3-4,7-9H,5-6,10,17H2,1-2H3. The van der Waals surface area contributed by atoms with E-state index in [9.17, 15) is 4.79 Å². The van der Waals surface area contributed by atoms with E-state index >= 15 is 0 Å². The summed E-state index contributed by atoms with van der Waals surface area (Å²) in [5.41, 5.74) is 8.07. The molecule has 0 saturated heterocycles. The molecule has 0 amide bonds. The Morgan fingerprint density at radius 1 is 1.38 bits per heavy atom. The van der Waals surface area contributed by atoms with Crippen molar-refractivity contribution in [3.05, 3.63) is 57.0 Å². The van der Waals surface area contributed by atoms with Gasteiger partial charge in [0.2, 0.25) is 0 Å². The number of aryl methyl sites for hydroxylation is 1. The van der Waals surface area contributed by atoms with Crippen LogP contribution in [0.1, 0.15) is 11.1 Å². The van der Waals surface area contributed by atoms with Gasteiger partial charge in [-0.1, -0.05) is 23.7 Å². The third kappa shape index (κ3) is 3.83. The summed E-state index contributed by atoms with van der Waals surface area (Å²) in [7, 11) is 1.88. The minimum atomic E-state index is -0.159. The minimum absolute atomic E-state index is 0.159. The summed E-state index contributed by atoms with van der Waals surface area (Å²) in [5.74, 6) is 0. The van der Waals surface area contributed by atoms with Gasteiger partial charge in [0.25, 0.3) is 5.56 Å². The number of hydrogen-bond donors (Lipinski definition) is 1. The zero-order chi connectivity index (χ0) is 15.4. The van der Waals surface area contributed by atoms with Gasteiger partial charge < -0.3 is 10.6 Å². The Labute approximate surface area is 128 Å². The number of nitrogens with two attached hydrogens (primary N) is 1. The first-order valence-corrected chi connectivity index (χ1v) is 7.12. The second kappa shape index (κ2) is 6.74. The smallest absolute Gasteiger partial charge is 0.269 e. The number of hydrogen-bond acceptors (Lipinski definition) is 4. The molecule has 1 aromatic heterocycles. The van der Waals surface area contributed by atoms with Crippen molar-refractivity contribution in [3.8, 4) is 0 Å². The molecule has 2 rings (SSSR count). The number of nitrogens with zero attached hydrogens (tertiary/aromatic N) is 3. The van der Waals surface area contributed by atoms with Gasteiger partial charge in [-0.15, -0.1) is 0 Å². The van der Waals surface area contributed by atoms with Crippen LogP contribution in [0, 0.1) is 6.92 Å². The zero-order valence-corrected chi connectivity index (χ0v) is 13.0. The zero-order valence-electron chi connectivity index (χ0n) is 12.2. The quantitative estimate of drug-likeness (QED) is 0.912. The molecule has 0 spiro atoms. The normalized spacial score (nSPS) is 10.7. The number of rotatable bonds is 5. The second-order valence-electron chi connectivity index (χ2n) is 5.01. The monoisotopic (exact) mass is 306 g/mol. The molecule has 0 aliphatic rings. The molecule has 112 valence electrons. The molecule has 0 aliphatic heterocycles. The van der Waals surface area contributed by atoms with Crippen LogP contribution in [0.3, 0.4) is 0 Å². The van der Waals surface area contributed by atoms with Gasteiger partial charge in [-0.3, -0.25) is 4.79 Å². The van der Waals surface area contributed by atoms with Gasteiger partial charge in [-0.05, 0) is 24.1 Å². The number of likely N-dealkylation sites (N-methyl/N-ethyl adjacent to an activating group) is 1. The molecule has 0 aliphatic carbocycles. The molecule has 0 atom stereocenters. The fraction of sp³-hybridized carbons (Fsp3) is 0.333. The fourth-order valence-corrected chi connectivity index (χ4v) is 2.31. The van der Waals surface area contributed by atoms with E-state index in [-0.39, 0.29) is 5.56 Å². The molecule has 6 heteroatoms. The highest BCUT2D eigenvalue weighted by Crippen LogP contribution is 2.18. The molecular weight excluding hydrogens is 288 g/mol. The van der Waals surface area contributed by atoms with Crippen molar-refractivity contribution < 1.29 is 0 Å². The van der Waals surface area contributed by atoms with Crippen LogP contribution in [0.2, 0.25) is 5.02 Å². The van der Waals surface area contributed by atoms with E-state index < -0.39 is 0 Å². The van der Waals surface area contributed by atoms with Crippen molar-refractivity contribution in [2.75, 3.05) is 25.0 Å². The molecule has 21 heavy (non-hydrogen) atoms. The molecule has 1 heterocycles. The van der Waals surface area contributed by atoms with Gasteiger partial charge >= 0.3 is 0 Å². The summed E-state index contributed by atoms with van der Waals surface area (Å²) in [6.07, 6.45) is 1.67. The van der Waals surface area contributed by atoms with Crippen molar-refractivity contribution >= 4 is 17.3 Å². The SMILES string of the molecule is Cc1ccc(Cn2ncc(N(C)CCN)cc2=O)c(Cl)c1. The van der Waals surface area contributed by atoms with Crippen molar-refractivity contribution in [1.82, 2.24) is 9.78 Å². The lowest BCUT2D eigenvalue weighted by molar-refractivity contribution is 0.637. The minimum Gasteiger partial charge on any atom is -0.372 e. The van der Waals surface area contributed by atoms with E-state index in [4.69, 9.17) is 17.3 Å². The molecule has 0 fully saturated rings. The van der Waals surface area contributed by atoms with Gasteiger partial charge in [0.1, 0.15) is 0 Å². The van der Waals surface area contributed by atoms with Gasteiger partial charge in [0.15, 0.2) is 0 Å². The van der Waals surface area contributed by atoms with Crippen LogP contribution in [-0.2, 0) is 6.54 Å². The Bertz CT molecular complexity index is 684. The lowest BCUT2D eigenvalue weighted by Crippen LogP contribution is -2.29. The summed E-state index contributed by atoms with van der Waals surface area (Å²) in [4.78, 5) is 14.0. The van der Waals surface area contributed by atoms with Crippen LogP contribution < -0.4 is 16.2 Å². The lowest BCUT2D eigenvalue weighted by Gasteiger charge is -2.17. The summed E-state index contributed by atoms with van der Waals surface area (Å²) < 4.78 is 1.40. The lowest BCUT2D eigenvalue weighted by atomic mass is 10.1. The Morgan fingerprint density at radius 2 is 2.14 bits per heavy atom. The predicted octanol–water partition coefficient (Wildman–Crippen LogP) is 1.65. The number of aromatic nitrogens is 2. The van der Waals surface area contributed by atoms with E-state index in [2.05, 4.69) is 5.10 Å². The Kier molecular flexibility index (Phi) is 4.98. The van der Waals surface area contributed by atoms with Crippen LogP contribution in [-0.4, -0.2) is 29.9 Å². The Hall–Kier alpha value is -1.85. The highest BCUT2D eigenvalue weighted by Gasteiger charge is 2.07. The van der Waals surface area contributed by atoms with Gasteiger partial charge in [-0.25, -0.2) is 4.68 Å². The molecule has 0 saturated carbocycles. The van der Waals surface area contributed by atoms with Crippen LogP contribution in [0.15, 0.2) is 35.3 Å². The molecule has 0 radical (unpaired) electrons. The summed E-state index contributed by atoms with van der Waals surface area (Å²) in [6, 6.07) is 7.33. The third-order valence-corrected chi connectivity index (χ3v) is 3.64. The van der Waals surface area contributed by atoms with E-state index in [1.807, 2.05) is 37.1 Å². The van der Waals surface area contributed by atoms with Crippen molar-refractivity contribution in [3.63, 3.8) is 0 Å². The van der Waals surface area contributed by atoms with Crippen molar-refractivity contribution in [1.29, 1.82) is 0 Å². The van der Waals surface area contributed by atoms with E-state index in [0.29, 0.717) is 24.7 Å². The summed E-state index contributed by atoms with van der Waals surface area (Å²) in [6.45, 7) is 3.54.